The highest BCUT2D eigenvalue weighted by molar-refractivity contribution is 5.94. The molecule has 7 heteroatoms. The summed E-state index contributed by atoms with van der Waals surface area (Å²) >= 11 is 0. The van der Waals surface area contributed by atoms with Crippen molar-refractivity contribution < 1.29 is 18.3 Å². The van der Waals surface area contributed by atoms with Crippen LogP contribution in [0.2, 0.25) is 0 Å². The number of ketones is 1. The summed E-state index contributed by atoms with van der Waals surface area (Å²) in [6.45, 7) is 5.42. The largest absolute Gasteiger partial charge is 0.375 e. The molecule has 4 rings (SSSR count). The number of rotatable bonds is 4. The van der Waals surface area contributed by atoms with Gasteiger partial charge in [0.25, 0.3) is 0 Å². The molecule has 1 aromatic carbocycles. The zero-order valence-electron chi connectivity index (χ0n) is 16.7. The van der Waals surface area contributed by atoms with E-state index in [4.69, 9.17) is 4.74 Å². The summed E-state index contributed by atoms with van der Waals surface area (Å²) in [5, 5.41) is 4.51. The summed E-state index contributed by atoms with van der Waals surface area (Å²) in [5.74, 6) is -1.98. The number of ether oxygens (including phenoxy) is 1. The van der Waals surface area contributed by atoms with Gasteiger partial charge in [-0.05, 0) is 44.7 Å². The van der Waals surface area contributed by atoms with Gasteiger partial charge in [0, 0.05) is 36.8 Å². The van der Waals surface area contributed by atoms with Crippen molar-refractivity contribution >= 4 is 11.3 Å². The van der Waals surface area contributed by atoms with E-state index in [1.165, 1.54) is 6.92 Å². The quantitative estimate of drug-likeness (QED) is 0.628. The third kappa shape index (κ3) is 3.80. The van der Waals surface area contributed by atoms with Crippen LogP contribution in [0.5, 0.6) is 0 Å². The molecule has 1 unspecified atom stereocenters. The van der Waals surface area contributed by atoms with Gasteiger partial charge in [-0.1, -0.05) is 6.07 Å². The predicted octanol–water partition coefficient (Wildman–Crippen LogP) is 3.66. The van der Waals surface area contributed by atoms with Gasteiger partial charge in [-0.15, -0.1) is 0 Å². The van der Waals surface area contributed by atoms with Crippen molar-refractivity contribution in [2.75, 3.05) is 26.7 Å². The van der Waals surface area contributed by atoms with Crippen LogP contribution in [0.1, 0.15) is 28.4 Å². The molecule has 3 heterocycles. The van der Waals surface area contributed by atoms with Crippen molar-refractivity contribution in [3.05, 3.63) is 58.8 Å². The lowest BCUT2D eigenvalue weighted by atomic mass is 9.98. The molecule has 1 aliphatic rings. The zero-order chi connectivity index (χ0) is 20.7. The first-order valence-corrected chi connectivity index (χ1v) is 9.62. The van der Waals surface area contributed by atoms with E-state index in [0.29, 0.717) is 13.0 Å². The molecule has 0 spiro atoms. The van der Waals surface area contributed by atoms with Crippen LogP contribution in [0.3, 0.4) is 0 Å². The molecule has 1 atom stereocenters. The number of aromatic nitrogens is 2. The molecule has 5 nitrogen and oxygen atoms in total. The van der Waals surface area contributed by atoms with Gasteiger partial charge >= 0.3 is 0 Å². The van der Waals surface area contributed by atoms with Crippen molar-refractivity contribution in [1.29, 1.82) is 0 Å². The molecule has 152 valence electrons. The highest BCUT2D eigenvalue weighted by Gasteiger charge is 2.26. The first-order chi connectivity index (χ1) is 13.8. The van der Waals surface area contributed by atoms with Gasteiger partial charge in [-0.3, -0.25) is 4.79 Å². The van der Waals surface area contributed by atoms with Crippen molar-refractivity contribution in [2.45, 2.75) is 26.4 Å². The van der Waals surface area contributed by atoms with Crippen molar-refractivity contribution in [3.63, 3.8) is 0 Å². The highest BCUT2D eigenvalue weighted by Crippen LogP contribution is 2.33. The Morgan fingerprint density at radius 3 is 2.66 bits per heavy atom. The molecule has 0 bridgehead atoms. The fourth-order valence-corrected chi connectivity index (χ4v) is 3.83. The van der Waals surface area contributed by atoms with Gasteiger partial charge in [-0.2, -0.15) is 5.10 Å². The van der Waals surface area contributed by atoms with Crippen LogP contribution in [0.4, 0.5) is 8.78 Å². The number of hydrogen-bond acceptors (Lipinski definition) is 4. The second-order valence-corrected chi connectivity index (χ2v) is 7.69. The summed E-state index contributed by atoms with van der Waals surface area (Å²) in [6, 6.07) is 6.01. The normalized spacial score (nSPS) is 17.8. The van der Waals surface area contributed by atoms with Crippen LogP contribution in [0, 0.1) is 18.6 Å². The lowest BCUT2D eigenvalue weighted by Gasteiger charge is -2.30. The number of morpholine rings is 1. The predicted molar refractivity (Wildman–Crippen MR) is 106 cm³/mol. The minimum atomic E-state index is -0.793. The maximum atomic E-state index is 14.9. The fourth-order valence-electron chi connectivity index (χ4n) is 3.83. The molecule has 0 saturated carbocycles. The minimum absolute atomic E-state index is 0.00199. The Labute approximate surface area is 167 Å². The number of aryl methyl sites for hydroxylation is 1. The molecule has 2 aromatic heterocycles. The number of carbonyl (C=O) groups excluding carboxylic acids is 1. The first kappa shape index (κ1) is 19.7. The summed E-state index contributed by atoms with van der Waals surface area (Å²) in [4.78, 5) is 13.7. The molecule has 29 heavy (non-hydrogen) atoms. The number of nitrogens with zero attached hydrogens (tertiary/aromatic N) is 3. The molecular formula is C22H23F2N3O2. The Hall–Kier alpha value is -2.64. The van der Waals surface area contributed by atoms with Gasteiger partial charge in [-0.25, -0.2) is 13.3 Å². The van der Waals surface area contributed by atoms with Gasteiger partial charge in [0.2, 0.25) is 0 Å². The lowest BCUT2D eigenvalue weighted by molar-refractivity contribution is -0.0183. The van der Waals surface area contributed by atoms with E-state index in [-0.39, 0.29) is 28.7 Å². The maximum Gasteiger partial charge on any atom is 0.160 e. The number of likely N-dealkylation sites (N-methyl/N-ethyl adjacent to an activating group) is 1. The number of hydrogen-bond donors (Lipinski definition) is 0. The van der Waals surface area contributed by atoms with Crippen molar-refractivity contribution in [2.24, 2.45) is 0 Å². The molecule has 0 radical (unpaired) electrons. The standard InChI is InChI=1S/C22H23F2N3O2/c1-13-4-5-20-17(10-16-12-26(3)6-7-29-16)22(25-27(20)11-13)21-18(23)8-15(14(2)28)9-19(21)24/h4-5,8-9,11,16H,6-7,10,12H2,1-3H3. The Morgan fingerprint density at radius 2 is 2.00 bits per heavy atom. The average Bonchev–Trinajstić information content (AvgIpc) is 2.98. The molecule has 0 N–H and O–H groups in total. The molecule has 3 aromatic rings. The van der Waals surface area contributed by atoms with Gasteiger partial charge in [0.15, 0.2) is 5.78 Å². The molecule has 1 saturated heterocycles. The van der Waals surface area contributed by atoms with E-state index in [2.05, 4.69) is 10.00 Å². The number of carbonyl (C=O) groups is 1. The third-order valence-corrected chi connectivity index (χ3v) is 5.34. The smallest absolute Gasteiger partial charge is 0.160 e. The van der Waals surface area contributed by atoms with Crippen LogP contribution >= 0.6 is 0 Å². The SMILES string of the molecule is CC(=O)c1cc(F)c(-c2nn3cc(C)ccc3c2CC2CN(C)CCO2)c(F)c1. The van der Waals surface area contributed by atoms with Gasteiger partial charge < -0.3 is 9.64 Å². The Kier molecular flexibility index (Phi) is 5.19. The van der Waals surface area contributed by atoms with Crippen LogP contribution < -0.4 is 0 Å². The Morgan fingerprint density at radius 1 is 1.28 bits per heavy atom. The minimum Gasteiger partial charge on any atom is -0.375 e. The molecule has 0 amide bonds. The average molecular weight is 399 g/mol. The monoisotopic (exact) mass is 399 g/mol. The van der Waals surface area contributed by atoms with Gasteiger partial charge in [0.1, 0.15) is 17.3 Å². The Balaban J connectivity index is 1.87. The number of fused-ring (bicyclic) bond motifs is 1. The number of halogens is 2. The first-order valence-electron chi connectivity index (χ1n) is 9.62. The van der Waals surface area contributed by atoms with Crippen molar-refractivity contribution in [3.8, 4) is 11.3 Å². The molecule has 0 aliphatic carbocycles. The summed E-state index contributed by atoms with van der Waals surface area (Å²) in [6.07, 6.45) is 2.22. The fraction of sp³-hybridized carbons (Fsp3) is 0.364. The van der Waals surface area contributed by atoms with E-state index in [0.717, 1.165) is 41.9 Å². The van der Waals surface area contributed by atoms with Gasteiger partial charge in [0.05, 0.1) is 23.8 Å². The Bertz CT molecular complexity index is 1070. The topological polar surface area (TPSA) is 46.8 Å². The van der Waals surface area contributed by atoms with Crippen LogP contribution in [0.25, 0.3) is 16.8 Å². The van der Waals surface area contributed by atoms with Crippen LogP contribution in [-0.2, 0) is 11.2 Å². The third-order valence-electron chi connectivity index (χ3n) is 5.34. The summed E-state index contributed by atoms with van der Waals surface area (Å²) in [5.41, 5.74) is 2.55. The number of Topliss-reactive ketones (excluding diaryl/α,β-unsaturated/α-hetero) is 1. The summed E-state index contributed by atoms with van der Waals surface area (Å²) < 4.78 is 37.4. The molecule has 1 fully saturated rings. The zero-order valence-corrected chi connectivity index (χ0v) is 16.7. The number of pyridine rings is 1. The molecule has 1 aliphatic heterocycles. The van der Waals surface area contributed by atoms with E-state index in [1.54, 1.807) is 4.52 Å². The second-order valence-electron chi connectivity index (χ2n) is 7.69. The van der Waals surface area contributed by atoms with E-state index >= 15 is 0 Å². The number of benzene rings is 1. The highest BCUT2D eigenvalue weighted by atomic mass is 19.1. The van der Waals surface area contributed by atoms with Crippen molar-refractivity contribution in [1.82, 2.24) is 14.5 Å². The maximum absolute atomic E-state index is 14.9. The van der Waals surface area contributed by atoms with Crippen LogP contribution in [0.15, 0.2) is 30.5 Å². The van der Waals surface area contributed by atoms with E-state index in [1.807, 2.05) is 32.3 Å². The lowest BCUT2D eigenvalue weighted by Crippen LogP contribution is -2.41. The molecular weight excluding hydrogens is 376 g/mol. The van der Waals surface area contributed by atoms with Crippen LogP contribution in [-0.4, -0.2) is 53.1 Å². The van der Waals surface area contributed by atoms with E-state index < -0.39 is 11.6 Å². The summed E-state index contributed by atoms with van der Waals surface area (Å²) in [7, 11) is 2.02. The second kappa shape index (κ2) is 7.65. The van der Waals surface area contributed by atoms with E-state index in [9.17, 15) is 13.6 Å².